The number of para-hydroxylation sites is 1. The molecule has 0 heterocycles. The molecule has 184 valence electrons. The van der Waals surface area contributed by atoms with E-state index in [4.69, 9.17) is 15.2 Å². The van der Waals surface area contributed by atoms with Gasteiger partial charge < -0.3 is 20.1 Å². The Morgan fingerprint density at radius 1 is 0.806 bits per heavy atom. The third-order valence-corrected chi connectivity index (χ3v) is 6.61. The summed E-state index contributed by atoms with van der Waals surface area (Å²) in [7, 11) is 0.777. The molecule has 6 heteroatoms. The number of carbonyl (C=O) groups is 1. The standard InChI is InChI=1S/C30H32N2O3Si/c31-17-8-18-32(21-24-11-7-14-27(19-24)35-26-12-5-2-6-13-26)30(33)25-15-16-28(29(36)20-25)34-22-23-9-3-1-4-10-23/h1-7,9-16,19-20H,8,17-18,21-22,31H2,36H3. The first kappa shape index (κ1) is 25.2. The zero-order valence-electron chi connectivity index (χ0n) is 20.6. The molecule has 0 saturated heterocycles. The molecule has 0 unspecified atom stereocenters. The first-order valence-corrected chi connectivity index (χ1v) is 13.2. The maximum absolute atomic E-state index is 13.5. The molecule has 36 heavy (non-hydrogen) atoms. The minimum absolute atomic E-state index is 0.00969. The minimum Gasteiger partial charge on any atom is -0.489 e. The Balaban J connectivity index is 1.46. The molecule has 0 aliphatic carbocycles. The monoisotopic (exact) mass is 496 g/mol. The number of nitrogens with zero attached hydrogens (tertiary/aromatic N) is 1. The van der Waals surface area contributed by atoms with Gasteiger partial charge in [-0.2, -0.15) is 0 Å². The van der Waals surface area contributed by atoms with Crippen molar-refractivity contribution in [2.24, 2.45) is 5.73 Å². The van der Waals surface area contributed by atoms with Crippen LogP contribution in [-0.4, -0.2) is 34.1 Å². The molecule has 0 aromatic heterocycles. The van der Waals surface area contributed by atoms with Gasteiger partial charge in [-0.3, -0.25) is 4.79 Å². The fourth-order valence-corrected chi connectivity index (χ4v) is 4.57. The second-order valence-corrected chi connectivity index (χ2v) is 9.76. The molecule has 0 radical (unpaired) electrons. The number of benzene rings is 4. The molecule has 0 saturated carbocycles. The van der Waals surface area contributed by atoms with Crippen LogP contribution in [0.2, 0.25) is 0 Å². The predicted octanol–water partition coefficient (Wildman–Crippen LogP) is 4.04. The lowest BCUT2D eigenvalue weighted by Gasteiger charge is -2.23. The summed E-state index contributed by atoms with van der Waals surface area (Å²) in [4.78, 5) is 15.4. The predicted molar refractivity (Wildman–Crippen MR) is 148 cm³/mol. The molecule has 4 aromatic carbocycles. The van der Waals surface area contributed by atoms with Gasteiger partial charge in [-0.15, -0.1) is 0 Å². The van der Waals surface area contributed by atoms with Crippen LogP contribution in [0.15, 0.2) is 103 Å². The number of nitrogens with two attached hydrogens (primary N) is 1. The Morgan fingerprint density at radius 3 is 2.22 bits per heavy atom. The molecule has 1 amide bonds. The summed E-state index contributed by atoms with van der Waals surface area (Å²) in [6.45, 7) is 2.10. The summed E-state index contributed by atoms with van der Waals surface area (Å²) in [6, 6.07) is 33.3. The molecule has 0 bridgehead atoms. The minimum atomic E-state index is -0.00969. The number of rotatable bonds is 11. The zero-order chi connectivity index (χ0) is 25.2. The molecule has 0 atom stereocenters. The number of amides is 1. The van der Waals surface area contributed by atoms with Gasteiger partial charge in [0.1, 0.15) is 23.9 Å². The second kappa shape index (κ2) is 12.7. The quantitative estimate of drug-likeness (QED) is 0.318. The van der Waals surface area contributed by atoms with Crippen LogP contribution in [0.3, 0.4) is 0 Å². The average Bonchev–Trinajstić information content (AvgIpc) is 2.91. The topological polar surface area (TPSA) is 64.8 Å². The van der Waals surface area contributed by atoms with Crippen LogP contribution in [0.4, 0.5) is 0 Å². The van der Waals surface area contributed by atoms with Crippen molar-refractivity contribution >= 4 is 21.3 Å². The van der Waals surface area contributed by atoms with E-state index < -0.39 is 0 Å². The van der Waals surface area contributed by atoms with E-state index in [1.54, 1.807) is 0 Å². The second-order valence-electron chi connectivity index (χ2n) is 8.69. The summed E-state index contributed by atoms with van der Waals surface area (Å²) >= 11 is 0. The highest BCUT2D eigenvalue weighted by Crippen LogP contribution is 2.23. The van der Waals surface area contributed by atoms with E-state index in [0.29, 0.717) is 31.8 Å². The Hall–Kier alpha value is -3.87. The van der Waals surface area contributed by atoms with E-state index in [1.807, 2.05) is 108 Å². The zero-order valence-corrected chi connectivity index (χ0v) is 22.6. The first-order valence-electron chi connectivity index (χ1n) is 12.2. The Labute approximate surface area is 215 Å². The molecule has 0 spiro atoms. The molecular formula is C30H32N2O3Si. The number of hydrogen-bond acceptors (Lipinski definition) is 4. The van der Waals surface area contributed by atoms with Gasteiger partial charge in [-0.1, -0.05) is 60.7 Å². The molecular weight excluding hydrogens is 464 g/mol. The maximum atomic E-state index is 13.5. The summed E-state index contributed by atoms with van der Waals surface area (Å²) < 4.78 is 12.0. The molecule has 0 fully saturated rings. The van der Waals surface area contributed by atoms with Gasteiger partial charge in [0.25, 0.3) is 5.91 Å². The van der Waals surface area contributed by atoms with Gasteiger partial charge in [0.2, 0.25) is 0 Å². The van der Waals surface area contributed by atoms with Crippen LogP contribution in [0.5, 0.6) is 17.2 Å². The highest BCUT2D eigenvalue weighted by atomic mass is 28.1. The number of ether oxygens (including phenoxy) is 2. The van der Waals surface area contributed by atoms with Gasteiger partial charge >= 0.3 is 0 Å². The lowest BCUT2D eigenvalue weighted by molar-refractivity contribution is 0.0742. The first-order chi connectivity index (χ1) is 17.6. The van der Waals surface area contributed by atoms with Gasteiger partial charge in [0, 0.05) is 28.9 Å². The smallest absolute Gasteiger partial charge is 0.254 e. The average molecular weight is 497 g/mol. The van der Waals surface area contributed by atoms with Crippen molar-refractivity contribution in [3.63, 3.8) is 0 Å². The largest absolute Gasteiger partial charge is 0.489 e. The Kier molecular flexibility index (Phi) is 8.91. The maximum Gasteiger partial charge on any atom is 0.254 e. The molecule has 2 N–H and O–H groups in total. The van der Waals surface area contributed by atoms with Crippen molar-refractivity contribution < 1.29 is 14.3 Å². The summed E-state index contributed by atoms with van der Waals surface area (Å²) in [5.41, 5.74) is 8.56. The van der Waals surface area contributed by atoms with Crippen LogP contribution < -0.4 is 20.4 Å². The molecule has 4 aromatic rings. The van der Waals surface area contributed by atoms with E-state index >= 15 is 0 Å². The molecule has 5 nitrogen and oxygen atoms in total. The van der Waals surface area contributed by atoms with Crippen molar-refractivity contribution in [3.8, 4) is 17.2 Å². The third kappa shape index (κ3) is 7.07. The van der Waals surface area contributed by atoms with E-state index in [0.717, 1.165) is 50.2 Å². The Morgan fingerprint density at radius 2 is 1.50 bits per heavy atom. The fourth-order valence-electron chi connectivity index (χ4n) is 3.95. The van der Waals surface area contributed by atoms with Gasteiger partial charge in [-0.05, 0) is 71.7 Å². The van der Waals surface area contributed by atoms with E-state index in [1.165, 1.54) is 0 Å². The van der Waals surface area contributed by atoms with Crippen molar-refractivity contribution in [1.29, 1.82) is 0 Å². The number of hydrogen-bond donors (Lipinski definition) is 1. The number of carbonyl (C=O) groups excluding carboxylic acids is 1. The van der Waals surface area contributed by atoms with Crippen LogP contribution in [0.1, 0.15) is 27.9 Å². The normalized spacial score (nSPS) is 10.7. The van der Waals surface area contributed by atoms with Crippen LogP contribution in [0.25, 0.3) is 0 Å². The van der Waals surface area contributed by atoms with E-state index in [2.05, 4.69) is 0 Å². The summed E-state index contributed by atoms with van der Waals surface area (Å²) in [6.07, 6.45) is 0.734. The lowest BCUT2D eigenvalue weighted by atomic mass is 10.1. The Bertz CT molecular complexity index is 1270. The van der Waals surface area contributed by atoms with Gasteiger partial charge in [0.05, 0.1) is 0 Å². The van der Waals surface area contributed by atoms with Crippen LogP contribution in [-0.2, 0) is 13.2 Å². The fraction of sp³-hybridized carbons (Fsp3) is 0.167. The third-order valence-electron chi connectivity index (χ3n) is 5.83. The van der Waals surface area contributed by atoms with Gasteiger partial charge in [0.15, 0.2) is 0 Å². The molecule has 0 aliphatic rings. The highest BCUT2D eigenvalue weighted by Gasteiger charge is 2.17. The van der Waals surface area contributed by atoms with E-state index in [-0.39, 0.29) is 5.91 Å². The van der Waals surface area contributed by atoms with Gasteiger partial charge in [-0.25, -0.2) is 0 Å². The van der Waals surface area contributed by atoms with Crippen molar-refractivity contribution in [2.45, 2.75) is 19.6 Å². The van der Waals surface area contributed by atoms with Crippen molar-refractivity contribution in [3.05, 3.63) is 120 Å². The van der Waals surface area contributed by atoms with Crippen LogP contribution >= 0.6 is 0 Å². The molecule has 0 aliphatic heterocycles. The SMILES string of the molecule is NCCCN(Cc1cccc(Oc2ccccc2)c1)C(=O)c1ccc(OCc2ccccc2)c([SiH3])c1. The summed E-state index contributed by atoms with van der Waals surface area (Å²) in [5.74, 6) is 2.34. The van der Waals surface area contributed by atoms with E-state index in [9.17, 15) is 4.79 Å². The van der Waals surface area contributed by atoms with Crippen LogP contribution in [0, 0.1) is 0 Å². The summed E-state index contributed by atoms with van der Waals surface area (Å²) in [5, 5.41) is 1.06. The van der Waals surface area contributed by atoms with Crippen molar-refractivity contribution in [1.82, 2.24) is 4.90 Å². The highest BCUT2D eigenvalue weighted by molar-refractivity contribution is 6.34. The lowest BCUT2D eigenvalue weighted by Crippen LogP contribution is -2.33. The molecule has 4 rings (SSSR count). The van der Waals surface area contributed by atoms with Crippen molar-refractivity contribution in [2.75, 3.05) is 13.1 Å².